The van der Waals surface area contributed by atoms with Crippen molar-refractivity contribution in [1.29, 1.82) is 0 Å². The van der Waals surface area contributed by atoms with Crippen LogP contribution in [0.25, 0.3) is 22.2 Å². The number of carbonyl (C=O) groups is 1. The number of nitrogens with one attached hydrogen (secondary N) is 1. The number of amides is 1. The van der Waals surface area contributed by atoms with Gasteiger partial charge >= 0.3 is 6.18 Å². The first-order valence-electron chi connectivity index (χ1n) is 9.24. The summed E-state index contributed by atoms with van der Waals surface area (Å²) in [5, 5.41) is 2.93. The zero-order chi connectivity index (χ0) is 21.5. The van der Waals surface area contributed by atoms with E-state index in [1.54, 1.807) is 30.6 Å². The number of rotatable bonds is 3. The molecule has 1 aromatic heterocycles. The Kier molecular flexibility index (Phi) is 4.81. The molecule has 0 saturated carbocycles. The van der Waals surface area contributed by atoms with Crippen LogP contribution in [0.5, 0.6) is 0 Å². The van der Waals surface area contributed by atoms with E-state index in [9.17, 15) is 18.0 Å². The average Bonchev–Trinajstić information content (AvgIpc) is 3.10. The van der Waals surface area contributed by atoms with Crippen LogP contribution in [0.4, 0.5) is 18.9 Å². The molecule has 1 amide bonds. The van der Waals surface area contributed by atoms with Gasteiger partial charge in [-0.15, -0.1) is 0 Å². The van der Waals surface area contributed by atoms with Gasteiger partial charge < -0.3 is 9.88 Å². The van der Waals surface area contributed by atoms with Gasteiger partial charge in [-0.2, -0.15) is 13.2 Å². The smallest absolute Gasteiger partial charge is 0.334 e. The van der Waals surface area contributed by atoms with Gasteiger partial charge in [0.25, 0.3) is 5.91 Å². The number of benzene rings is 3. The molecule has 0 saturated heterocycles. The molecular weight excluding hydrogens is 391 g/mol. The van der Waals surface area contributed by atoms with Gasteiger partial charge in [0.05, 0.1) is 23.1 Å². The maximum Gasteiger partial charge on any atom is 0.416 e. The Morgan fingerprint density at radius 3 is 2.40 bits per heavy atom. The Balaban J connectivity index is 1.71. The maximum atomic E-state index is 13.1. The lowest BCUT2D eigenvalue weighted by molar-refractivity contribution is -0.137. The fourth-order valence-electron chi connectivity index (χ4n) is 3.41. The molecule has 0 atom stereocenters. The van der Waals surface area contributed by atoms with E-state index in [4.69, 9.17) is 0 Å². The fourth-order valence-corrected chi connectivity index (χ4v) is 3.41. The van der Waals surface area contributed by atoms with Crippen LogP contribution in [-0.4, -0.2) is 15.5 Å². The summed E-state index contributed by atoms with van der Waals surface area (Å²) in [4.78, 5) is 17.5. The molecule has 1 N–H and O–H groups in total. The van der Waals surface area contributed by atoms with Crippen molar-refractivity contribution < 1.29 is 18.0 Å². The molecule has 0 spiro atoms. The lowest BCUT2D eigenvalue weighted by Crippen LogP contribution is -2.14. The van der Waals surface area contributed by atoms with Gasteiger partial charge in [0.15, 0.2) is 0 Å². The molecule has 4 nitrogen and oxygen atoms in total. The molecule has 0 radical (unpaired) electrons. The Morgan fingerprint density at radius 1 is 1.00 bits per heavy atom. The Labute approximate surface area is 171 Å². The Bertz CT molecular complexity index is 1240. The largest absolute Gasteiger partial charge is 0.416 e. The topological polar surface area (TPSA) is 46.9 Å². The summed E-state index contributed by atoms with van der Waals surface area (Å²) in [6.45, 7) is 1.88. The van der Waals surface area contributed by atoms with Crippen molar-refractivity contribution in [3.8, 4) is 11.1 Å². The third kappa shape index (κ3) is 3.54. The van der Waals surface area contributed by atoms with Gasteiger partial charge in [-0.25, -0.2) is 4.98 Å². The number of carbonyl (C=O) groups excluding carboxylic acids is 1. The van der Waals surface area contributed by atoms with Crippen molar-refractivity contribution in [3.05, 3.63) is 83.7 Å². The third-order valence-corrected chi connectivity index (χ3v) is 5.04. The Hall–Kier alpha value is -3.61. The summed E-state index contributed by atoms with van der Waals surface area (Å²) in [6.07, 6.45) is -2.73. The monoisotopic (exact) mass is 409 g/mol. The second kappa shape index (κ2) is 7.33. The lowest BCUT2D eigenvalue weighted by atomic mass is 9.98. The SMILES string of the molecule is Cc1ccc2c(ncn2C)c1NC(=O)c1ccccc1-c1ccc(C(F)(F)F)cc1. The molecular formula is C23H18F3N3O. The van der Waals surface area contributed by atoms with E-state index in [0.29, 0.717) is 27.9 Å². The zero-order valence-electron chi connectivity index (χ0n) is 16.3. The van der Waals surface area contributed by atoms with E-state index in [1.165, 1.54) is 12.1 Å². The second-order valence-electron chi connectivity index (χ2n) is 7.06. The van der Waals surface area contributed by atoms with E-state index in [1.807, 2.05) is 30.7 Å². The molecule has 4 aromatic rings. The van der Waals surface area contributed by atoms with Crippen LogP contribution in [0, 0.1) is 6.92 Å². The van der Waals surface area contributed by atoms with Crippen LogP contribution in [0.2, 0.25) is 0 Å². The summed E-state index contributed by atoms with van der Waals surface area (Å²) in [6, 6.07) is 15.4. The first-order chi connectivity index (χ1) is 14.3. The van der Waals surface area contributed by atoms with Crippen LogP contribution in [0.3, 0.4) is 0 Å². The number of halogens is 3. The minimum atomic E-state index is -4.41. The quantitative estimate of drug-likeness (QED) is 0.463. The lowest BCUT2D eigenvalue weighted by Gasteiger charge is -2.13. The van der Waals surface area contributed by atoms with E-state index < -0.39 is 11.7 Å². The summed E-state index contributed by atoms with van der Waals surface area (Å²) in [5.41, 5.74) is 3.75. The van der Waals surface area contributed by atoms with E-state index in [0.717, 1.165) is 23.2 Å². The standard InChI is InChI=1S/C23H18F3N3O/c1-14-7-12-19-21(27-13-29(19)2)20(14)28-22(30)18-6-4-3-5-17(18)15-8-10-16(11-9-15)23(24,25)26/h3-13H,1-2H3,(H,28,30). The molecule has 0 aliphatic heterocycles. The number of imidazole rings is 1. The van der Waals surface area contributed by atoms with Crippen molar-refractivity contribution >= 4 is 22.6 Å². The van der Waals surface area contributed by atoms with Crippen LogP contribution in [0.1, 0.15) is 21.5 Å². The predicted octanol–water partition coefficient (Wildman–Crippen LogP) is 5.82. The van der Waals surface area contributed by atoms with Crippen LogP contribution in [-0.2, 0) is 13.2 Å². The number of hydrogen-bond donors (Lipinski definition) is 1. The highest BCUT2D eigenvalue weighted by atomic mass is 19.4. The highest BCUT2D eigenvalue weighted by molar-refractivity contribution is 6.12. The molecule has 0 unspecified atom stereocenters. The van der Waals surface area contributed by atoms with E-state index >= 15 is 0 Å². The first kappa shape index (κ1) is 19.7. The van der Waals surface area contributed by atoms with Crippen LogP contribution in [0.15, 0.2) is 67.0 Å². The molecule has 7 heteroatoms. The number of aryl methyl sites for hydroxylation is 2. The molecule has 3 aromatic carbocycles. The average molecular weight is 409 g/mol. The van der Waals surface area contributed by atoms with Gasteiger partial charge in [-0.3, -0.25) is 4.79 Å². The number of anilines is 1. The summed E-state index contributed by atoms with van der Waals surface area (Å²) in [7, 11) is 1.87. The van der Waals surface area contributed by atoms with Crippen molar-refractivity contribution in [1.82, 2.24) is 9.55 Å². The number of hydrogen-bond acceptors (Lipinski definition) is 2. The molecule has 0 aliphatic carbocycles. The van der Waals surface area contributed by atoms with Crippen molar-refractivity contribution in [2.75, 3.05) is 5.32 Å². The minimum Gasteiger partial charge on any atom is -0.334 e. The van der Waals surface area contributed by atoms with E-state index in [2.05, 4.69) is 10.3 Å². The number of fused-ring (bicyclic) bond motifs is 1. The predicted molar refractivity (Wildman–Crippen MR) is 110 cm³/mol. The molecule has 0 bridgehead atoms. The van der Waals surface area contributed by atoms with Crippen molar-refractivity contribution in [3.63, 3.8) is 0 Å². The summed E-state index contributed by atoms with van der Waals surface area (Å²) < 4.78 is 40.5. The highest BCUT2D eigenvalue weighted by Crippen LogP contribution is 2.32. The molecule has 4 rings (SSSR count). The molecule has 152 valence electrons. The molecule has 1 heterocycles. The molecule has 30 heavy (non-hydrogen) atoms. The zero-order valence-corrected chi connectivity index (χ0v) is 16.3. The maximum absolute atomic E-state index is 13.1. The Morgan fingerprint density at radius 2 is 1.70 bits per heavy atom. The third-order valence-electron chi connectivity index (χ3n) is 5.04. The van der Waals surface area contributed by atoms with Crippen LogP contribution >= 0.6 is 0 Å². The van der Waals surface area contributed by atoms with Crippen molar-refractivity contribution in [2.24, 2.45) is 7.05 Å². The summed E-state index contributed by atoms with van der Waals surface area (Å²) >= 11 is 0. The second-order valence-corrected chi connectivity index (χ2v) is 7.06. The van der Waals surface area contributed by atoms with Gasteiger partial charge in [-0.05, 0) is 47.9 Å². The van der Waals surface area contributed by atoms with Gasteiger partial charge in [-0.1, -0.05) is 36.4 Å². The number of nitrogens with zero attached hydrogens (tertiary/aromatic N) is 2. The van der Waals surface area contributed by atoms with Gasteiger partial charge in [0.2, 0.25) is 0 Å². The number of aromatic nitrogens is 2. The summed E-state index contributed by atoms with van der Waals surface area (Å²) in [5.74, 6) is -0.355. The fraction of sp³-hybridized carbons (Fsp3) is 0.130. The highest BCUT2D eigenvalue weighted by Gasteiger charge is 2.30. The number of alkyl halides is 3. The van der Waals surface area contributed by atoms with E-state index in [-0.39, 0.29) is 5.91 Å². The van der Waals surface area contributed by atoms with Gasteiger partial charge in [0, 0.05) is 12.6 Å². The minimum absolute atomic E-state index is 0.355. The molecule has 0 aliphatic rings. The van der Waals surface area contributed by atoms with Crippen molar-refractivity contribution in [2.45, 2.75) is 13.1 Å². The van der Waals surface area contributed by atoms with Crippen LogP contribution < -0.4 is 5.32 Å². The normalized spacial score (nSPS) is 11.6. The first-order valence-corrected chi connectivity index (χ1v) is 9.24. The van der Waals surface area contributed by atoms with Gasteiger partial charge in [0.1, 0.15) is 5.52 Å². The molecule has 0 fully saturated rings.